The van der Waals surface area contributed by atoms with Crippen LogP contribution in [0.25, 0.3) is 0 Å². The average Bonchev–Trinajstić information content (AvgIpc) is 2.01. The molecule has 0 aliphatic heterocycles. The maximum Gasteiger partial charge on any atom is 0.417 e. The first kappa shape index (κ1) is 10.6. The number of aryl methyl sites for hydroxylation is 1. The molecule has 0 heterocycles. The Morgan fingerprint density at radius 3 is 2.29 bits per heavy atom. The topological polar surface area (TPSA) is 37.3 Å². The highest BCUT2D eigenvalue weighted by atomic mass is 19.4. The molecule has 0 aromatic heterocycles. The Morgan fingerprint density at radius 2 is 1.93 bits per heavy atom. The van der Waals surface area contributed by atoms with Gasteiger partial charge >= 0.3 is 12.1 Å². The van der Waals surface area contributed by atoms with E-state index in [1.807, 2.05) is 0 Å². The fourth-order valence-electron chi connectivity index (χ4n) is 1.19. The van der Waals surface area contributed by atoms with Crippen molar-refractivity contribution in [2.45, 2.75) is 13.1 Å². The molecule has 1 N–H and O–H groups in total. The number of hydrogen-bond donors (Lipinski definition) is 1. The molecule has 0 fully saturated rings. The highest BCUT2D eigenvalue weighted by Gasteiger charge is 2.35. The lowest BCUT2D eigenvalue weighted by Crippen LogP contribution is -2.14. The summed E-state index contributed by atoms with van der Waals surface area (Å²) in [7, 11) is 0. The first-order valence-corrected chi connectivity index (χ1v) is 3.74. The van der Waals surface area contributed by atoms with Gasteiger partial charge in [-0.1, -0.05) is 12.1 Å². The number of halogens is 3. The van der Waals surface area contributed by atoms with Crippen LogP contribution in [-0.2, 0) is 6.18 Å². The normalized spacial score (nSPS) is 11.4. The van der Waals surface area contributed by atoms with Crippen molar-refractivity contribution in [1.82, 2.24) is 0 Å². The molecule has 5 heteroatoms. The summed E-state index contributed by atoms with van der Waals surface area (Å²) < 4.78 is 37.0. The van der Waals surface area contributed by atoms with Crippen molar-refractivity contribution < 1.29 is 23.1 Å². The van der Waals surface area contributed by atoms with Crippen LogP contribution < -0.4 is 0 Å². The van der Waals surface area contributed by atoms with Gasteiger partial charge in [-0.3, -0.25) is 0 Å². The zero-order valence-corrected chi connectivity index (χ0v) is 7.22. The molecule has 0 aliphatic rings. The number of carboxylic acid groups (broad SMARTS) is 1. The lowest BCUT2D eigenvalue weighted by atomic mass is 10.0. The number of carbonyl (C=O) groups is 1. The fraction of sp³-hybridized carbons (Fsp3) is 0.222. The number of alkyl halides is 3. The minimum absolute atomic E-state index is 0.104. The van der Waals surface area contributed by atoms with E-state index in [0.29, 0.717) is 0 Å². The van der Waals surface area contributed by atoms with E-state index in [1.54, 1.807) is 0 Å². The molecule has 14 heavy (non-hydrogen) atoms. The third kappa shape index (κ3) is 1.86. The van der Waals surface area contributed by atoms with Gasteiger partial charge in [0.2, 0.25) is 0 Å². The summed E-state index contributed by atoms with van der Waals surface area (Å²) in [4.78, 5) is 10.6. The van der Waals surface area contributed by atoms with Crippen molar-refractivity contribution in [1.29, 1.82) is 0 Å². The number of carboxylic acids is 1. The molecule has 0 saturated carbocycles. The maximum absolute atomic E-state index is 12.3. The Labute approximate surface area is 78.0 Å². The molecule has 1 rings (SSSR count). The predicted octanol–water partition coefficient (Wildman–Crippen LogP) is 2.71. The zero-order valence-electron chi connectivity index (χ0n) is 7.22. The van der Waals surface area contributed by atoms with Crippen LogP contribution in [0, 0.1) is 6.92 Å². The summed E-state index contributed by atoms with van der Waals surface area (Å²) >= 11 is 0. The molecule has 1 aromatic rings. The largest absolute Gasteiger partial charge is 0.478 e. The Bertz CT molecular complexity index is 369. The third-order valence-corrected chi connectivity index (χ3v) is 1.79. The number of aromatic carboxylic acids is 1. The highest BCUT2D eigenvalue weighted by molar-refractivity contribution is 5.91. The van der Waals surface area contributed by atoms with E-state index in [1.165, 1.54) is 19.1 Å². The zero-order chi connectivity index (χ0) is 10.9. The second kappa shape index (κ2) is 3.32. The quantitative estimate of drug-likeness (QED) is 0.763. The number of hydrogen-bond acceptors (Lipinski definition) is 1. The minimum Gasteiger partial charge on any atom is -0.478 e. The van der Waals surface area contributed by atoms with E-state index in [0.717, 1.165) is 6.07 Å². The van der Waals surface area contributed by atoms with Crippen LogP contribution in [0.5, 0.6) is 0 Å². The van der Waals surface area contributed by atoms with Crippen molar-refractivity contribution in [3.05, 3.63) is 34.9 Å². The Balaban J connectivity index is 3.44. The molecule has 1 aromatic carbocycles. The fourth-order valence-corrected chi connectivity index (χ4v) is 1.19. The Kier molecular flexibility index (Phi) is 2.51. The third-order valence-electron chi connectivity index (χ3n) is 1.79. The molecule has 0 radical (unpaired) electrons. The van der Waals surface area contributed by atoms with Crippen LogP contribution >= 0.6 is 0 Å². The van der Waals surface area contributed by atoms with E-state index < -0.39 is 23.3 Å². The van der Waals surface area contributed by atoms with Gasteiger partial charge < -0.3 is 5.11 Å². The molecule has 0 bridgehead atoms. The maximum atomic E-state index is 12.3. The molecule has 76 valence electrons. The van der Waals surface area contributed by atoms with E-state index >= 15 is 0 Å². The van der Waals surface area contributed by atoms with E-state index in [4.69, 9.17) is 5.11 Å². The lowest BCUT2D eigenvalue weighted by molar-refractivity contribution is -0.138. The summed E-state index contributed by atoms with van der Waals surface area (Å²) in [6.07, 6.45) is -4.63. The summed E-state index contributed by atoms with van der Waals surface area (Å²) in [5, 5.41) is 8.61. The van der Waals surface area contributed by atoms with Crippen LogP contribution in [0.1, 0.15) is 21.5 Å². The Morgan fingerprint density at radius 1 is 1.36 bits per heavy atom. The van der Waals surface area contributed by atoms with Gasteiger partial charge in [0.15, 0.2) is 0 Å². The second-order valence-corrected chi connectivity index (χ2v) is 2.80. The van der Waals surface area contributed by atoms with Crippen LogP contribution in [0.15, 0.2) is 18.2 Å². The highest BCUT2D eigenvalue weighted by Crippen LogP contribution is 2.33. The van der Waals surface area contributed by atoms with Crippen molar-refractivity contribution in [3.8, 4) is 0 Å². The van der Waals surface area contributed by atoms with Gasteiger partial charge in [-0.25, -0.2) is 4.79 Å². The van der Waals surface area contributed by atoms with Crippen molar-refractivity contribution in [3.63, 3.8) is 0 Å². The van der Waals surface area contributed by atoms with Gasteiger partial charge in [-0.2, -0.15) is 13.2 Å². The second-order valence-electron chi connectivity index (χ2n) is 2.80. The van der Waals surface area contributed by atoms with E-state index in [9.17, 15) is 18.0 Å². The molecule has 2 nitrogen and oxygen atoms in total. The SMILES string of the molecule is Cc1cccc(C(F)(F)F)c1C(=O)O. The van der Waals surface area contributed by atoms with Crippen molar-refractivity contribution in [2.75, 3.05) is 0 Å². The molecule has 0 unspecified atom stereocenters. The van der Waals surface area contributed by atoms with Gasteiger partial charge in [0.25, 0.3) is 0 Å². The summed E-state index contributed by atoms with van der Waals surface area (Å²) in [6, 6.07) is 3.28. The van der Waals surface area contributed by atoms with Crippen molar-refractivity contribution in [2.24, 2.45) is 0 Å². The minimum atomic E-state index is -4.63. The lowest BCUT2D eigenvalue weighted by Gasteiger charge is -2.11. The number of benzene rings is 1. The van der Waals surface area contributed by atoms with E-state index in [-0.39, 0.29) is 5.56 Å². The average molecular weight is 204 g/mol. The van der Waals surface area contributed by atoms with Crippen LogP contribution in [0.4, 0.5) is 13.2 Å². The van der Waals surface area contributed by atoms with Gasteiger partial charge in [0.1, 0.15) is 0 Å². The predicted molar refractivity (Wildman–Crippen MR) is 43.1 cm³/mol. The smallest absolute Gasteiger partial charge is 0.417 e. The monoisotopic (exact) mass is 204 g/mol. The molecule has 0 spiro atoms. The number of rotatable bonds is 1. The van der Waals surface area contributed by atoms with Gasteiger partial charge in [0, 0.05) is 0 Å². The van der Waals surface area contributed by atoms with Gasteiger partial charge in [-0.05, 0) is 18.6 Å². The Hall–Kier alpha value is -1.52. The van der Waals surface area contributed by atoms with Gasteiger partial charge in [0.05, 0.1) is 11.1 Å². The van der Waals surface area contributed by atoms with Crippen LogP contribution in [0.3, 0.4) is 0 Å². The summed E-state index contributed by atoms with van der Waals surface area (Å²) in [5.74, 6) is -1.56. The summed E-state index contributed by atoms with van der Waals surface area (Å²) in [5.41, 5.74) is -1.68. The molecule has 0 amide bonds. The van der Waals surface area contributed by atoms with Gasteiger partial charge in [-0.15, -0.1) is 0 Å². The van der Waals surface area contributed by atoms with Crippen molar-refractivity contribution >= 4 is 5.97 Å². The molecular weight excluding hydrogens is 197 g/mol. The van der Waals surface area contributed by atoms with Crippen LogP contribution in [-0.4, -0.2) is 11.1 Å². The molecule has 0 atom stereocenters. The first-order valence-electron chi connectivity index (χ1n) is 3.74. The van der Waals surface area contributed by atoms with E-state index in [2.05, 4.69) is 0 Å². The molecular formula is C9H7F3O2. The summed E-state index contributed by atoms with van der Waals surface area (Å²) in [6.45, 7) is 1.33. The molecule has 0 saturated heterocycles. The first-order chi connectivity index (χ1) is 6.34. The van der Waals surface area contributed by atoms with Crippen LogP contribution in [0.2, 0.25) is 0 Å². The molecule has 0 aliphatic carbocycles. The standard InChI is InChI=1S/C9H7F3O2/c1-5-3-2-4-6(9(10,11)12)7(5)8(13)14/h2-4H,1H3,(H,13,14).